The van der Waals surface area contributed by atoms with E-state index in [4.69, 9.17) is 7.16 Å². The van der Waals surface area contributed by atoms with E-state index in [0.29, 0.717) is 11.3 Å². The van der Waals surface area contributed by atoms with Gasteiger partial charge in [0.05, 0.1) is 5.58 Å². The zero-order valence-corrected chi connectivity index (χ0v) is 29.2. The van der Waals surface area contributed by atoms with Crippen LogP contribution in [0.3, 0.4) is 0 Å². The number of aromatic nitrogens is 2. The predicted octanol–water partition coefficient (Wildman–Crippen LogP) is 10.9. The van der Waals surface area contributed by atoms with E-state index in [-0.39, 0.29) is 25.5 Å². The maximum absolute atomic E-state index is 8.51. The van der Waals surface area contributed by atoms with Gasteiger partial charge in [-0.1, -0.05) is 112 Å². The average molecular weight is 781 g/mol. The van der Waals surface area contributed by atoms with Crippen LogP contribution in [0.15, 0.2) is 132 Å². The Kier molecular flexibility index (Phi) is 9.19. The fourth-order valence-corrected chi connectivity index (χ4v) is 5.58. The number of pyridine rings is 2. The molecule has 0 saturated heterocycles. The van der Waals surface area contributed by atoms with Gasteiger partial charge in [0.1, 0.15) is 5.58 Å². The summed E-state index contributed by atoms with van der Waals surface area (Å²) in [5.41, 5.74) is 7.74. The zero-order chi connectivity index (χ0) is 33.2. The van der Waals surface area contributed by atoms with Gasteiger partial charge in [-0.3, -0.25) is 0 Å². The molecule has 0 bridgehead atoms. The summed E-state index contributed by atoms with van der Waals surface area (Å²) in [4.78, 5) is 9.06. The summed E-state index contributed by atoms with van der Waals surface area (Å²) in [7, 11) is 0. The van der Waals surface area contributed by atoms with Crippen molar-refractivity contribution in [3.8, 4) is 22.5 Å². The molecule has 4 aromatic carbocycles. The molecule has 3 nitrogen and oxygen atoms in total. The molecule has 3 heterocycles. The summed E-state index contributed by atoms with van der Waals surface area (Å²) in [5.74, 6) is 0. The van der Waals surface area contributed by atoms with E-state index in [9.17, 15) is 0 Å². The van der Waals surface area contributed by atoms with E-state index in [0.717, 1.165) is 38.8 Å². The van der Waals surface area contributed by atoms with Crippen LogP contribution >= 0.6 is 0 Å². The summed E-state index contributed by atoms with van der Waals surface area (Å²) >= 11 is 0. The van der Waals surface area contributed by atoms with Crippen LogP contribution in [0.2, 0.25) is 0 Å². The first-order valence-corrected chi connectivity index (χ1v) is 15.2. The maximum atomic E-state index is 8.51. The fraction of sp³-hybridized carbons (Fsp3) is 0.190. The molecule has 0 amide bonds. The van der Waals surface area contributed by atoms with E-state index in [1.54, 1.807) is 12.3 Å². The first-order chi connectivity index (χ1) is 22.5. The van der Waals surface area contributed by atoms with E-state index in [1.807, 2.05) is 93.7 Å². The molecular weight excluding hydrogens is 741 g/mol. The van der Waals surface area contributed by atoms with Gasteiger partial charge in [0.2, 0.25) is 0 Å². The molecule has 0 unspecified atom stereocenters. The number of hydrogen-bond acceptors (Lipinski definition) is 3. The van der Waals surface area contributed by atoms with Crippen LogP contribution in [0.5, 0.6) is 0 Å². The molecule has 46 heavy (non-hydrogen) atoms. The number of benzene rings is 4. The first-order valence-electron chi connectivity index (χ1n) is 16.2. The second-order valence-electron chi connectivity index (χ2n) is 12.7. The van der Waals surface area contributed by atoms with Crippen LogP contribution in [0.25, 0.3) is 44.5 Å². The van der Waals surface area contributed by atoms with Gasteiger partial charge in [-0.25, -0.2) is 0 Å². The van der Waals surface area contributed by atoms with Crippen LogP contribution in [0.1, 0.15) is 54.1 Å². The minimum absolute atomic E-state index is 0. The summed E-state index contributed by atoms with van der Waals surface area (Å²) in [6.07, 6.45) is 2.05. The van der Waals surface area contributed by atoms with Gasteiger partial charge in [0.15, 0.2) is 0 Å². The Bertz CT molecular complexity index is 2130. The number of furan rings is 1. The molecule has 0 spiro atoms. The average Bonchev–Trinajstić information content (AvgIpc) is 3.47. The molecule has 0 aliphatic carbocycles. The summed E-state index contributed by atoms with van der Waals surface area (Å²) < 4.78 is 22.9. The monoisotopic (exact) mass is 781 g/mol. The van der Waals surface area contributed by atoms with E-state index < -0.39 is 11.8 Å². The van der Waals surface area contributed by atoms with Gasteiger partial charge in [0.25, 0.3) is 0 Å². The molecule has 0 N–H and O–H groups in total. The SMILES string of the molecule is CC(C)(c1ccccc1)c1cccnc1-c1[c-]cccc1.[2H]C([2H])(c1ccnc(-c2[c-]cc3oc4ccccc4c3c2)c1)C(C)(C)C.[Ir]. The van der Waals surface area contributed by atoms with Gasteiger partial charge in [-0.2, -0.15) is 0 Å². The minimum atomic E-state index is -1.46. The minimum Gasteiger partial charge on any atom is -0.500 e. The van der Waals surface area contributed by atoms with Gasteiger partial charge >= 0.3 is 0 Å². The van der Waals surface area contributed by atoms with Gasteiger partial charge < -0.3 is 14.4 Å². The summed E-state index contributed by atoms with van der Waals surface area (Å²) in [6.45, 7) is 10.2. The molecular formula is C42H38IrN2O-2. The largest absolute Gasteiger partial charge is 0.500 e. The van der Waals surface area contributed by atoms with E-state index in [2.05, 4.69) is 78.4 Å². The van der Waals surface area contributed by atoms with Crippen molar-refractivity contribution in [2.75, 3.05) is 0 Å². The van der Waals surface area contributed by atoms with Gasteiger partial charge in [0, 0.05) is 46.0 Å². The van der Waals surface area contributed by atoms with Crippen molar-refractivity contribution in [1.29, 1.82) is 0 Å². The molecule has 0 aliphatic heterocycles. The molecule has 3 aromatic heterocycles. The Morgan fingerprint density at radius 3 is 2.22 bits per heavy atom. The standard InChI is InChI=1S/C22H20NO.C20H18N.Ir/c1-22(2,3)14-15-10-11-23-19(12-15)16-8-9-21-18(13-16)17-6-4-5-7-20(17)24-21;1-20(2,17-12-7-4-8-13-17)18-14-9-15-21-19(18)16-10-5-3-6-11-16;/h4-7,9-13H,14H2,1-3H3;3-10,12-15H,1-2H3;/q2*-1;/i14D2;;. The topological polar surface area (TPSA) is 38.9 Å². The number of fused-ring (bicyclic) bond motifs is 3. The van der Waals surface area contributed by atoms with Crippen molar-refractivity contribution in [2.24, 2.45) is 5.41 Å². The fourth-order valence-electron chi connectivity index (χ4n) is 5.58. The summed E-state index contributed by atoms with van der Waals surface area (Å²) in [6, 6.07) is 44.6. The van der Waals surface area contributed by atoms with Gasteiger partial charge in [-0.05, 0) is 46.9 Å². The van der Waals surface area contributed by atoms with Crippen molar-refractivity contribution in [1.82, 2.24) is 9.97 Å². The Morgan fingerprint density at radius 2 is 1.46 bits per heavy atom. The second-order valence-corrected chi connectivity index (χ2v) is 12.7. The Hall–Kier alpha value is -4.37. The third-order valence-electron chi connectivity index (χ3n) is 7.81. The third-order valence-corrected chi connectivity index (χ3v) is 7.81. The number of para-hydroxylation sites is 1. The van der Waals surface area contributed by atoms with E-state index >= 15 is 0 Å². The van der Waals surface area contributed by atoms with Crippen LogP contribution < -0.4 is 0 Å². The molecule has 1 radical (unpaired) electrons. The molecule has 0 fully saturated rings. The van der Waals surface area contributed by atoms with Gasteiger partial charge in [-0.15, -0.1) is 59.7 Å². The second kappa shape index (κ2) is 14.0. The van der Waals surface area contributed by atoms with Crippen molar-refractivity contribution in [3.63, 3.8) is 0 Å². The maximum Gasteiger partial charge on any atom is 0.120 e. The molecule has 0 saturated carbocycles. The molecule has 233 valence electrons. The van der Waals surface area contributed by atoms with Crippen molar-refractivity contribution in [2.45, 2.75) is 46.4 Å². The van der Waals surface area contributed by atoms with Crippen LogP contribution in [-0.2, 0) is 31.9 Å². The molecule has 7 aromatic rings. The smallest absolute Gasteiger partial charge is 0.120 e. The Labute approximate surface area is 288 Å². The Balaban J connectivity index is 0.000000188. The van der Waals surface area contributed by atoms with Crippen LogP contribution in [0, 0.1) is 17.5 Å². The first kappa shape index (κ1) is 30.3. The predicted molar refractivity (Wildman–Crippen MR) is 186 cm³/mol. The van der Waals surface area contributed by atoms with Crippen molar-refractivity contribution < 1.29 is 27.3 Å². The summed E-state index contributed by atoms with van der Waals surface area (Å²) in [5, 5.41) is 2.07. The van der Waals surface area contributed by atoms with Crippen LogP contribution in [0.4, 0.5) is 0 Å². The normalized spacial score (nSPS) is 12.5. The molecule has 4 heteroatoms. The van der Waals surface area contributed by atoms with E-state index in [1.165, 1.54) is 11.1 Å². The van der Waals surface area contributed by atoms with Crippen molar-refractivity contribution >= 4 is 21.9 Å². The number of hydrogen-bond donors (Lipinski definition) is 0. The number of nitrogens with zero attached hydrogens (tertiary/aromatic N) is 2. The van der Waals surface area contributed by atoms with Crippen molar-refractivity contribution in [3.05, 3.63) is 156 Å². The third kappa shape index (κ3) is 7.36. The van der Waals surface area contributed by atoms with Crippen LogP contribution in [-0.4, -0.2) is 9.97 Å². The zero-order valence-electron chi connectivity index (χ0n) is 28.8. The quantitative estimate of drug-likeness (QED) is 0.163. The molecule has 7 rings (SSSR count). The number of rotatable bonds is 5. The molecule has 0 aliphatic rings. The molecule has 0 atom stereocenters. The Morgan fingerprint density at radius 1 is 0.696 bits per heavy atom.